The van der Waals surface area contributed by atoms with Crippen molar-refractivity contribution in [3.63, 3.8) is 0 Å². The van der Waals surface area contributed by atoms with Crippen LogP contribution >= 0.6 is 0 Å². The Morgan fingerprint density at radius 1 is 1.14 bits per heavy atom. The number of rotatable bonds is 4. The Morgan fingerprint density at radius 2 is 1.96 bits per heavy atom. The Morgan fingerprint density at radius 3 is 2.71 bits per heavy atom. The molecule has 1 atom stereocenters. The number of aromatic nitrogens is 5. The van der Waals surface area contributed by atoms with Crippen LogP contribution in [0.15, 0.2) is 48.8 Å². The number of nitrogen functional groups attached to an aromatic ring is 2. The van der Waals surface area contributed by atoms with Gasteiger partial charge in [-0.2, -0.15) is 20.3 Å². The van der Waals surface area contributed by atoms with Gasteiger partial charge in [0, 0.05) is 11.6 Å². The van der Waals surface area contributed by atoms with Gasteiger partial charge in [-0.1, -0.05) is 18.2 Å². The zero-order valence-electron chi connectivity index (χ0n) is 15.0. The van der Waals surface area contributed by atoms with Crippen molar-refractivity contribution < 1.29 is 0 Å². The molecule has 3 heterocycles. The van der Waals surface area contributed by atoms with Crippen LogP contribution in [0.5, 0.6) is 0 Å². The lowest BCUT2D eigenvalue weighted by atomic mass is 10.1. The Bertz CT molecular complexity index is 1190. The summed E-state index contributed by atoms with van der Waals surface area (Å²) in [5.41, 5.74) is 14.2. The van der Waals surface area contributed by atoms with Gasteiger partial charge >= 0.3 is 0 Å². The van der Waals surface area contributed by atoms with Crippen LogP contribution < -0.4 is 16.8 Å². The van der Waals surface area contributed by atoms with Gasteiger partial charge in [-0.05, 0) is 25.1 Å². The molecule has 9 heteroatoms. The fraction of sp³-hybridized carbons (Fsp3) is 0.105. The van der Waals surface area contributed by atoms with Crippen molar-refractivity contribution in [2.45, 2.75) is 13.0 Å². The SMILES string of the molecule is CC(Nc1nc(N)nc(N)c1C#N)c1nn(-c2cccnc2)c2ccccc12. The normalized spacial score (nSPS) is 11.9. The summed E-state index contributed by atoms with van der Waals surface area (Å²) < 4.78 is 1.84. The zero-order chi connectivity index (χ0) is 19.7. The lowest BCUT2D eigenvalue weighted by molar-refractivity contribution is 0.783. The molecular weight excluding hydrogens is 354 g/mol. The molecule has 1 unspecified atom stereocenters. The molecule has 138 valence electrons. The average Bonchev–Trinajstić information content (AvgIpc) is 3.08. The summed E-state index contributed by atoms with van der Waals surface area (Å²) in [6.07, 6.45) is 3.47. The second kappa shape index (κ2) is 6.85. The molecule has 0 bridgehead atoms. The topological polar surface area (TPSA) is 144 Å². The second-order valence-corrected chi connectivity index (χ2v) is 6.19. The number of nitrogens with one attached hydrogen (secondary N) is 1. The highest BCUT2D eigenvalue weighted by Gasteiger charge is 2.20. The van der Waals surface area contributed by atoms with Gasteiger partial charge in [0.2, 0.25) is 5.95 Å². The lowest BCUT2D eigenvalue weighted by Crippen LogP contribution is -2.14. The molecule has 0 aliphatic heterocycles. The van der Waals surface area contributed by atoms with E-state index in [0.29, 0.717) is 0 Å². The molecule has 4 aromatic rings. The molecule has 4 rings (SSSR count). The largest absolute Gasteiger partial charge is 0.382 e. The maximum absolute atomic E-state index is 9.38. The van der Waals surface area contributed by atoms with E-state index in [9.17, 15) is 5.26 Å². The number of pyridine rings is 1. The number of para-hydroxylation sites is 1. The smallest absolute Gasteiger partial charge is 0.224 e. The maximum Gasteiger partial charge on any atom is 0.224 e. The molecule has 0 aliphatic rings. The van der Waals surface area contributed by atoms with Gasteiger partial charge in [0.25, 0.3) is 0 Å². The summed E-state index contributed by atoms with van der Waals surface area (Å²) >= 11 is 0. The first-order valence-corrected chi connectivity index (χ1v) is 8.56. The third-order valence-electron chi connectivity index (χ3n) is 4.34. The summed E-state index contributed by atoms with van der Waals surface area (Å²) in [6.45, 7) is 1.93. The summed E-state index contributed by atoms with van der Waals surface area (Å²) in [6, 6.07) is 13.4. The lowest BCUT2D eigenvalue weighted by Gasteiger charge is -2.15. The molecule has 9 nitrogen and oxygen atoms in total. The molecule has 0 fully saturated rings. The second-order valence-electron chi connectivity index (χ2n) is 6.19. The van der Waals surface area contributed by atoms with E-state index in [-0.39, 0.29) is 29.2 Å². The minimum Gasteiger partial charge on any atom is -0.382 e. The van der Waals surface area contributed by atoms with Crippen LogP contribution in [0, 0.1) is 11.3 Å². The van der Waals surface area contributed by atoms with Gasteiger partial charge in [-0.3, -0.25) is 4.98 Å². The predicted molar refractivity (Wildman–Crippen MR) is 106 cm³/mol. The third kappa shape index (κ3) is 2.93. The quantitative estimate of drug-likeness (QED) is 0.496. The van der Waals surface area contributed by atoms with Crippen LogP contribution in [0.4, 0.5) is 17.6 Å². The van der Waals surface area contributed by atoms with Crippen molar-refractivity contribution in [2.75, 3.05) is 16.8 Å². The van der Waals surface area contributed by atoms with Crippen LogP contribution in [0.3, 0.4) is 0 Å². The highest BCUT2D eigenvalue weighted by Crippen LogP contribution is 2.29. The molecular formula is C19H17N9. The number of anilines is 3. The molecule has 0 saturated carbocycles. The number of nitrogens with zero attached hydrogens (tertiary/aromatic N) is 6. The van der Waals surface area contributed by atoms with E-state index in [1.165, 1.54) is 0 Å². The van der Waals surface area contributed by atoms with E-state index in [4.69, 9.17) is 16.6 Å². The van der Waals surface area contributed by atoms with E-state index >= 15 is 0 Å². The number of nitrogens with two attached hydrogens (primary N) is 2. The minimum atomic E-state index is -0.274. The predicted octanol–water partition coefficient (Wildman–Crippen LogP) is 2.42. The summed E-state index contributed by atoms with van der Waals surface area (Å²) in [5, 5.41) is 18.3. The van der Waals surface area contributed by atoms with Crippen molar-refractivity contribution >= 4 is 28.5 Å². The first kappa shape index (κ1) is 17.2. The van der Waals surface area contributed by atoms with Crippen LogP contribution in [0.1, 0.15) is 24.2 Å². The van der Waals surface area contributed by atoms with Crippen molar-refractivity contribution in [3.8, 4) is 11.8 Å². The van der Waals surface area contributed by atoms with Gasteiger partial charge in [0.05, 0.1) is 29.1 Å². The summed E-state index contributed by atoms with van der Waals surface area (Å²) in [5.74, 6) is 0.312. The zero-order valence-corrected chi connectivity index (χ0v) is 15.0. The molecule has 5 N–H and O–H groups in total. The molecule has 3 aromatic heterocycles. The van der Waals surface area contributed by atoms with Gasteiger partial charge < -0.3 is 16.8 Å². The first-order chi connectivity index (χ1) is 13.6. The number of benzene rings is 1. The van der Waals surface area contributed by atoms with Gasteiger partial charge in [0.15, 0.2) is 5.82 Å². The Kier molecular flexibility index (Phi) is 4.21. The van der Waals surface area contributed by atoms with E-state index in [2.05, 4.69) is 20.3 Å². The van der Waals surface area contributed by atoms with E-state index in [1.54, 1.807) is 12.4 Å². The number of fused-ring (bicyclic) bond motifs is 1. The van der Waals surface area contributed by atoms with Crippen molar-refractivity contribution in [1.82, 2.24) is 24.7 Å². The number of nitriles is 1. The third-order valence-corrected chi connectivity index (χ3v) is 4.34. The highest BCUT2D eigenvalue weighted by atomic mass is 15.3. The molecule has 0 amide bonds. The fourth-order valence-corrected chi connectivity index (χ4v) is 3.07. The summed E-state index contributed by atoms with van der Waals surface area (Å²) in [4.78, 5) is 12.1. The van der Waals surface area contributed by atoms with Crippen molar-refractivity contribution in [3.05, 3.63) is 60.0 Å². The average molecular weight is 371 g/mol. The first-order valence-electron chi connectivity index (χ1n) is 8.56. The Hall–Kier alpha value is -4.19. The minimum absolute atomic E-state index is 0.00283. The molecule has 28 heavy (non-hydrogen) atoms. The van der Waals surface area contributed by atoms with Crippen LogP contribution in [-0.2, 0) is 0 Å². The van der Waals surface area contributed by atoms with Gasteiger partial charge in [-0.25, -0.2) is 4.68 Å². The molecule has 0 spiro atoms. The van der Waals surface area contributed by atoms with E-state index in [1.807, 2.05) is 54.1 Å². The van der Waals surface area contributed by atoms with Gasteiger partial charge in [-0.15, -0.1) is 0 Å². The fourth-order valence-electron chi connectivity index (χ4n) is 3.07. The van der Waals surface area contributed by atoms with Crippen molar-refractivity contribution in [2.24, 2.45) is 0 Å². The molecule has 0 radical (unpaired) electrons. The standard InChI is InChI=1S/C19H17N9/c1-11(24-18-14(9-20)17(21)25-19(22)26-18)16-13-6-2-3-7-15(13)28(27-16)12-5-4-8-23-10-12/h2-8,10-11H,1H3,(H5,21,22,24,25,26). The summed E-state index contributed by atoms with van der Waals surface area (Å²) in [7, 11) is 0. The molecule has 0 aliphatic carbocycles. The van der Waals surface area contributed by atoms with Crippen LogP contribution in [-0.4, -0.2) is 24.7 Å². The Balaban J connectivity index is 1.79. The van der Waals surface area contributed by atoms with E-state index in [0.717, 1.165) is 22.3 Å². The maximum atomic E-state index is 9.38. The molecule has 1 aromatic carbocycles. The Labute approximate surface area is 160 Å². The van der Waals surface area contributed by atoms with Crippen LogP contribution in [0.2, 0.25) is 0 Å². The van der Waals surface area contributed by atoms with Crippen molar-refractivity contribution in [1.29, 1.82) is 5.26 Å². The van der Waals surface area contributed by atoms with E-state index < -0.39 is 0 Å². The number of hydrogen-bond donors (Lipinski definition) is 3. The van der Waals surface area contributed by atoms with Gasteiger partial charge in [0.1, 0.15) is 17.5 Å². The van der Waals surface area contributed by atoms with Crippen LogP contribution in [0.25, 0.3) is 16.6 Å². The highest BCUT2D eigenvalue weighted by molar-refractivity contribution is 5.84. The monoisotopic (exact) mass is 371 g/mol. The number of hydrogen-bond acceptors (Lipinski definition) is 8. The molecule has 0 saturated heterocycles.